The molecule has 16 heavy (non-hydrogen) atoms. The maximum absolute atomic E-state index is 10.9. The Morgan fingerprint density at radius 2 is 1.62 bits per heavy atom. The predicted molar refractivity (Wildman–Crippen MR) is 61.1 cm³/mol. The molecule has 0 rings (SSSR count). The van der Waals surface area contributed by atoms with Crippen molar-refractivity contribution in [2.45, 2.75) is 27.7 Å². The molecule has 0 aliphatic rings. The zero-order valence-electron chi connectivity index (χ0n) is 10.1. The van der Waals surface area contributed by atoms with Crippen LogP contribution in [0.4, 0.5) is 0 Å². The van der Waals surface area contributed by atoms with Gasteiger partial charge in [-0.05, 0) is 12.3 Å². The lowest BCUT2D eigenvalue weighted by molar-refractivity contribution is -0.134. The molecular weight excluding hydrogens is 208 g/mol. The van der Waals surface area contributed by atoms with E-state index in [0.717, 1.165) is 0 Å². The molecule has 0 fully saturated rings. The normalized spacial score (nSPS) is 14.4. The van der Waals surface area contributed by atoms with E-state index in [4.69, 9.17) is 10.2 Å². The predicted octanol–water partition coefficient (Wildman–Crippen LogP) is 2.32. The summed E-state index contributed by atoms with van der Waals surface area (Å²) in [5.41, 5.74) is -0.248. The highest BCUT2D eigenvalue weighted by molar-refractivity contribution is 5.89. The summed E-state index contributed by atoms with van der Waals surface area (Å²) in [6.45, 7) is 10.5. The van der Waals surface area contributed by atoms with Crippen molar-refractivity contribution in [3.05, 3.63) is 23.8 Å². The second-order valence-corrected chi connectivity index (χ2v) is 4.83. The minimum absolute atomic E-state index is 0.00750. The fourth-order valence-electron chi connectivity index (χ4n) is 1.33. The molecule has 0 saturated heterocycles. The highest BCUT2D eigenvalue weighted by Crippen LogP contribution is 2.33. The van der Waals surface area contributed by atoms with Crippen molar-refractivity contribution in [3.8, 4) is 0 Å². The average molecular weight is 226 g/mol. The van der Waals surface area contributed by atoms with E-state index in [1.54, 1.807) is 0 Å². The van der Waals surface area contributed by atoms with Crippen molar-refractivity contribution in [2.75, 3.05) is 0 Å². The molecule has 0 aliphatic carbocycles. The van der Waals surface area contributed by atoms with Crippen LogP contribution in [0.15, 0.2) is 23.8 Å². The molecule has 1 atom stereocenters. The maximum atomic E-state index is 10.9. The average Bonchev–Trinajstić information content (AvgIpc) is 2.10. The second-order valence-electron chi connectivity index (χ2n) is 4.83. The monoisotopic (exact) mass is 226 g/mol. The van der Waals surface area contributed by atoms with Crippen LogP contribution in [0.1, 0.15) is 27.7 Å². The van der Waals surface area contributed by atoms with Gasteiger partial charge in [-0.2, -0.15) is 0 Å². The van der Waals surface area contributed by atoms with Gasteiger partial charge >= 0.3 is 11.9 Å². The minimum Gasteiger partial charge on any atom is -0.478 e. The van der Waals surface area contributed by atoms with Gasteiger partial charge in [0.25, 0.3) is 0 Å². The Labute approximate surface area is 95.3 Å². The molecule has 90 valence electrons. The van der Waals surface area contributed by atoms with E-state index in [2.05, 4.69) is 6.58 Å². The van der Waals surface area contributed by atoms with Gasteiger partial charge in [0.05, 0.1) is 0 Å². The Bertz CT molecular complexity index is 345. The van der Waals surface area contributed by atoms with Crippen LogP contribution in [-0.4, -0.2) is 22.2 Å². The van der Waals surface area contributed by atoms with Crippen LogP contribution in [0.2, 0.25) is 0 Å². The van der Waals surface area contributed by atoms with Crippen molar-refractivity contribution in [1.82, 2.24) is 0 Å². The van der Waals surface area contributed by atoms with Gasteiger partial charge in [0.2, 0.25) is 0 Å². The Hall–Kier alpha value is -1.58. The van der Waals surface area contributed by atoms with Crippen LogP contribution in [0.3, 0.4) is 0 Å². The summed E-state index contributed by atoms with van der Waals surface area (Å²) in [6, 6.07) is 0. The van der Waals surface area contributed by atoms with Gasteiger partial charge in [-0.1, -0.05) is 33.4 Å². The maximum Gasteiger partial charge on any atom is 0.331 e. The molecule has 4 nitrogen and oxygen atoms in total. The lowest BCUT2D eigenvalue weighted by atomic mass is 9.75. The molecule has 0 aliphatic heterocycles. The van der Waals surface area contributed by atoms with Gasteiger partial charge in [0.15, 0.2) is 0 Å². The molecule has 4 heteroatoms. The van der Waals surface area contributed by atoms with Gasteiger partial charge < -0.3 is 10.2 Å². The highest BCUT2D eigenvalue weighted by atomic mass is 16.4. The van der Waals surface area contributed by atoms with Gasteiger partial charge in [-0.25, -0.2) is 9.59 Å². The molecule has 0 aromatic rings. The number of allylic oxidation sites excluding steroid dienone is 1. The zero-order chi connectivity index (χ0) is 13.1. The quantitative estimate of drug-likeness (QED) is 0.721. The molecule has 0 bridgehead atoms. The molecule has 0 radical (unpaired) electrons. The number of carboxylic acid groups (broad SMARTS) is 2. The highest BCUT2D eigenvalue weighted by Gasteiger charge is 2.29. The first-order valence-corrected chi connectivity index (χ1v) is 4.91. The van der Waals surface area contributed by atoms with Crippen molar-refractivity contribution in [3.63, 3.8) is 0 Å². The molecule has 0 amide bonds. The van der Waals surface area contributed by atoms with Gasteiger partial charge in [0, 0.05) is 17.1 Å². The first-order chi connectivity index (χ1) is 7.07. The van der Waals surface area contributed by atoms with Gasteiger partial charge in [-0.3, -0.25) is 0 Å². The van der Waals surface area contributed by atoms with Crippen molar-refractivity contribution >= 4 is 11.9 Å². The van der Waals surface area contributed by atoms with Crippen LogP contribution >= 0.6 is 0 Å². The smallest absolute Gasteiger partial charge is 0.331 e. The van der Waals surface area contributed by atoms with Crippen molar-refractivity contribution < 1.29 is 19.8 Å². The van der Waals surface area contributed by atoms with E-state index in [1.165, 1.54) is 13.0 Å². The van der Waals surface area contributed by atoms with Gasteiger partial charge in [0.1, 0.15) is 0 Å². The van der Waals surface area contributed by atoms with E-state index in [9.17, 15) is 9.59 Å². The molecule has 0 saturated carbocycles. The Morgan fingerprint density at radius 3 is 1.88 bits per heavy atom. The molecule has 0 spiro atoms. The molecule has 1 unspecified atom stereocenters. The van der Waals surface area contributed by atoms with E-state index in [-0.39, 0.29) is 16.6 Å². The third-order valence-electron chi connectivity index (χ3n) is 2.34. The topological polar surface area (TPSA) is 74.6 Å². The molecule has 0 aromatic heterocycles. The summed E-state index contributed by atoms with van der Waals surface area (Å²) >= 11 is 0. The zero-order valence-corrected chi connectivity index (χ0v) is 10.1. The summed E-state index contributed by atoms with van der Waals surface area (Å²) in [7, 11) is 0. The van der Waals surface area contributed by atoms with Crippen LogP contribution in [0.25, 0.3) is 0 Å². The summed E-state index contributed by atoms with van der Waals surface area (Å²) in [4.78, 5) is 21.6. The number of hydrogen-bond acceptors (Lipinski definition) is 2. The number of hydrogen-bond donors (Lipinski definition) is 2. The van der Waals surface area contributed by atoms with Crippen molar-refractivity contribution in [1.29, 1.82) is 0 Å². The Kier molecular flexibility index (Phi) is 4.47. The van der Waals surface area contributed by atoms with Crippen LogP contribution in [-0.2, 0) is 9.59 Å². The minimum atomic E-state index is -1.10. The fourth-order valence-corrected chi connectivity index (χ4v) is 1.33. The Morgan fingerprint density at radius 1 is 1.19 bits per heavy atom. The number of aliphatic carboxylic acids is 2. The van der Waals surface area contributed by atoms with Crippen LogP contribution < -0.4 is 0 Å². The molecule has 0 aromatic carbocycles. The standard InChI is InChI=1S/C12H18O4/c1-7(10(13)14)6-9(12(3,4)5)8(2)11(15)16/h6,9H,2H2,1,3-5H3,(H,13,14)(H,15,16). The fraction of sp³-hybridized carbons (Fsp3) is 0.500. The summed E-state index contributed by atoms with van der Waals surface area (Å²) in [5, 5.41) is 17.7. The van der Waals surface area contributed by atoms with Gasteiger partial charge in [-0.15, -0.1) is 0 Å². The van der Waals surface area contributed by atoms with E-state index in [0.29, 0.717) is 0 Å². The number of carboxylic acids is 2. The van der Waals surface area contributed by atoms with Crippen molar-refractivity contribution in [2.24, 2.45) is 11.3 Å². The summed E-state index contributed by atoms with van der Waals surface area (Å²) < 4.78 is 0. The SMILES string of the molecule is C=C(C(=O)O)C(C=C(C)C(=O)O)C(C)(C)C. The summed E-state index contributed by atoms with van der Waals surface area (Å²) in [6.07, 6.45) is 1.44. The number of carbonyl (C=O) groups is 2. The van der Waals surface area contributed by atoms with Crippen LogP contribution in [0.5, 0.6) is 0 Å². The lowest BCUT2D eigenvalue weighted by Crippen LogP contribution is -2.24. The largest absolute Gasteiger partial charge is 0.478 e. The second kappa shape index (κ2) is 4.96. The van der Waals surface area contributed by atoms with E-state index < -0.39 is 17.9 Å². The third-order valence-corrected chi connectivity index (χ3v) is 2.34. The summed E-state index contributed by atoms with van der Waals surface area (Å²) in [5.74, 6) is -2.65. The molecule has 0 heterocycles. The third kappa shape index (κ3) is 3.88. The first-order valence-electron chi connectivity index (χ1n) is 4.91. The van der Waals surface area contributed by atoms with E-state index in [1.807, 2.05) is 20.8 Å². The molecule has 2 N–H and O–H groups in total. The Balaban J connectivity index is 5.30. The first kappa shape index (κ1) is 14.4. The van der Waals surface area contributed by atoms with E-state index >= 15 is 0 Å². The lowest BCUT2D eigenvalue weighted by Gasteiger charge is -2.28. The number of rotatable bonds is 4. The van der Waals surface area contributed by atoms with Crippen LogP contribution in [0, 0.1) is 11.3 Å². The molecular formula is C12H18O4.